The number of nitrogen functional groups attached to an aromatic ring is 1. The number of halogens is 1. The van der Waals surface area contributed by atoms with Crippen molar-refractivity contribution in [1.82, 2.24) is 19.5 Å². The molecular formula is C22H19ClN6O2. The molecule has 0 saturated heterocycles. The minimum Gasteiger partial charge on any atom is -0.438 e. The van der Waals surface area contributed by atoms with Crippen molar-refractivity contribution in [3.8, 4) is 17.1 Å². The van der Waals surface area contributed by atoms with Crippen LogP contribution in [0.4, 0.5) is 10.6 Å². The molecule has 31 heavy (non-hydrogen) atoms. The second kappa shape index (κ2) is 7.24. The van der Waals surface area contributed by atoms with Crippen molar-refractivity contribution in [2.75, 3.05) is 5.73 Å². The fourth-order valence-corrected chi connectivity index (χ4v) is 4.16. The number of hydrogen-bond donors (Lipinski definition) is 2. The van der Waals surface area contributed by atoms with Gasteiger partial charge < -0.3 is 16.2 Å². The molecule has 1 aromatic carbocycles. The summed E-state index contributed by atoms with van der Waals surface area (Å²) < 4.78 is 7.34. The fraction of sp³-hybridized carbons (Fsp3) is 0.182. The first-order valence-electron chi connectivity index (χ1n) is 9.82. The molecule has 1 saturated carbocycles. The number of amides is 1. The lowest BCUT2D eigenvalue weighted by Gasteiger charge is -2.40. The number of imidazole rings is 1. The number of anilines is 1. The number of nitrogens with zero attached hydrogens (tertiary/aromatic N) is 4. The molecule has 0 atom stereocenters. The van der Waals surface area contributed by atoms with Gasteiger partial charge in [0.1, 0.15) is 22.1 Å². The van der Waals surface area contributed by atoms with E-state index in [2.05, 4.69) is 9.97 Å². The van der Waals surface area contributed by atoms with Crippen LogP contribution in [-0.2, 0) is 10.3 Å². The van der Waals surface area contributed by atoms with Crippen LogP contribution in [0.1, 0.15) is 24.8 Å². The third kappa shape index (κ3) is 3.25. The largest absolute Gasteiger partial charge is 0.438 e. The number of rotatable bonds is 4. The number of benzene rings is 1. The summed E-state index contributed by atoms with van der Waals surface area (Å²) in [6.45, 7) is 0. The third-order valence-corrected chi connectivity index (χ3v) is 5.87. The number of carbonyl (C=O) groups is 1. The lowest BCUT2D eigenvalue weighted by molar-refractivity contribution is -0.0489. The smallest absolute Gasteiger partial charge is 0.405 e. The van der Waals surface area contributed by atoms with Gasteiger partial charge in [-0.05, 0) is 61.2 Å². The predicted octanol–water partition coefficient (Wildman–Crippen LogP) is 4.19. The molecule has 1 aliphatic carbocycles. The molecule has 4 aromatic rings. The van der Waals surface area contributed by atoms with E-state index in [-0.39, 0.29) is 0 Å². The van der Waals surface area contributed by atoms with Gasteiger partial charge in [-0.25, -0.2) is 19.7 Å². The average Bonchev–Trinajstić information content (AvgIpc) is 3.09. The molecule has 0 radical (unpaired) electrons. The zero-order chi connectivity index (χ0) is 21.6. The number of aromatic nitrogens is 4. The number of carbonyl (C=O) groups excluding carboxylic acids is 1. The molecule has 156 valence electrons. The maximum absolute atomic E-state index is 11.4. The normalized spacial score (nSPS) is 14.9. The monoisotopic (exact) mass is 434 g/mol. The van der Waals surface area contributed by atoms with Crippen LogP contribution in [0.25, 0.3) is 28.2 Å². The van der Waals surface area contributed by atoms with Gasteiger partial charge >= 0.3 is 6.09 Å². The van der Waals surface area contributed by atoms with Gasteiger partial charge in [-0.3, -0.25) is 4.57 Å². The van der Waals surface area contributed by atoms with E-state index in [4.69, 9.17) is 32.8 Å². The summed E-state index contributed by atoms with van der Waals surface area (Å²) in [6.07, 6.45) is 3.34. The Morgan fingerprint density at radius 2 is 1.87 bits per heavy atom. The first-order valence-corrected chi connectivity index (χ1v) is 10.2. The summed E-state index contributed by atoms with van der Waals surface area (Å²) in [5, 5.41) is 0.360. The second-order valence-corrected chi connectivity index (χ2v) is 7.89. The highest BCUT2D eigenvalue weighted by molar-refractivity contribution is 6.29. The maximum atomic E-state index is 11.4. The standard InChI is InChI=1S/C22H19ClN6O2/c23-17-9-8-16-20(28-17)29(19(27-16)15-3-1-12-26-18(15)24)14-6-4-13(5-7-14)22(10-2-11-22)31-21(25)30/h1,3-9,12H,2,10-11H2,(H2,24,26)(H2,25,30). The molecule has 5 rings (SSSR count). The van der Waals surface area contributed by atoms with Crippen molar-refractivity contribution < 1.29 is 9.53 Å². The molecule has 0 aliphatic heterocycles. The van der Waals surface area contributed by atoms with Crippen LogP contribution >= 0.6 is 11.6 Å². The lowest BCUT2D eigenvalue weighted by Crippen LogP contribution is -2.40. The third-order valence-electron chi connectivity index (χ3n) is 5.66. The number of nitrogens with two attached hydrogens (primary N) is 2. The highest BCUT2D eigenvalue weighted by Crippen LogP contribution is 2.45. The zero-order valence-corrected chi connectivity index (χ0v) is 17.2. The van der Waals surface area contributed by atoms with Crippen molar-refractivity contribution in [2.45, 2.75) is 24.9 Å². The summed E-state index contributed by atoms with van der Waals surface area (Å²) in [5.41, 5.74) is 14.5. The first kappa shape index (κ1) is 19.3. The van der Waals surface area contributed by atoms with Gasteiger partial charge in [-0.1, -0.05) is 23.7 Å². The molecular weight excluding hydrogens is 416 g/mol. The molecule has 3 aromatic heterocycles. The van der Waals surface area contributed by atoms with Crippen LogP contribution in [-0.4, -0.2) is 25.6 Å². The molecule has 0 spiro atoms. The lowest BCUT2D eigenvalue weighted by atomic mass is 9.75. The van der Waals surface area contributed by atoms with E-state index >= 15 is 0 Å². The summed E-state index contributed by atoms with van der Waals surface area (Å²) in [6, 6.07) is 14.9. The van der Waals surface area contributed by atoms with Crippen LogP contribution in [0.3, 0.4) is 0 Å². The van der Waals surface area contributed by atoms with Crippen molar-refractivity contribution in [3.05, 3.63) is 65.4 Å². The first-order chi connectivity index (χ1) is 15.0. The summed E-state index contributed by atoms with van der Waals surface area (Å²) in [4.78, 5) is 24.8. The highest BCUT2D eigenvalue weighted by atomic mass is 35.5. The van der Waals surface area contributed by atoms with Gasteiger partial charge in [-0.2, -0.15) is 0 Å². The Balaban J connectivity index is 1.66. The SMILES string of the molecule is NC(=O)OC1(c2ccc(-n3c(-c4cccnc4N)nc4ccc(Cl)nc43)cc2)CCC1. The van der Waals surface area contributed by atoms with Crippen LogP contribution in [0.15, 0.2) is 54.7 Å². The predicted molar refractivity (Wildman–Crippen MR) is 118 cm³/mol. The minimum absolute atomic E-state index is 0.360. The van der Waals surface area contributed by atoms with E-state index in [9.17, 15) is 4.79 Å². The molecule has 1 fully saturated rings. The van der Waals surface area contributed by atoms with E-state index in [1.165, 1.54) is 0 Å². The quantitative estimate of drug-likeness (QED) is 0.464. The van der Waals surface area contributed by atoms with E-state index in [1.54, 1.807) is 18.3 Å². The van der Waals surface area contributed by atoms with Crippen LogP contribution in [0.5, 0.6) is 0 Å². The molecule has 9 heteroatoms. The Morgan fingerprint density at radius 3 is 2.52 bits per heavy atom. The number of pyridine rings is 2. The van der Waals surface area contributed by atoms with E-state index in [1.807, 2.05) is 41.0 Å². The zero-order valence-electron chi connectivity index (χ0n) is 16.5. The van der Waals surface area contributed by atoms with E-state index in [0.717, 1.165) is 30.5 Å². The van der Waals surface area contributed by atoms with Crippen molar-refractivity contribution >= 4 is 34.7 Å². The van der Waals surface area contributed by atoms with Crippen LogP contribution in [0, 0.1) is 0 Å². The topological polar surface area (TPSA) is 122 Å². The van der Waals surface area contributed by atoms with Gasteiger partial charge in [0.15, 0.2) is 11.5 Å². The second-order valence-electron chi connectivity index (χ2n) is 7.50. The molecule has 3 heterocycles. The van der Waals surface area contributed by atoms with Crippen LogP contribution < -0.4 is 11.5 Å². The summed E-state index contributed by atoms with van der Waals surface area (Å²) >= 11 is 6.17. The Kier molecular flexibility index (Phi) is 4.51. The molecule has 1 aliphatic rings. The Hall–Kier alpha value is -3.65. The molecule has 0 unspecified atom stereocenters. The average molecular weight is 435 g/mol. The highest BCUT2D eigenvalue weighted by Gasteiger charge is 2.42. The van der Waals surface area contributed by atoms with Gasteiger partial charge in [-0.15, -0.1) is 0 Å². The van der Waals surface area contributed by atoms with E-state index in [0.29, 0.717) is 33.5 Å². The maximum Gasteiger partial charge on any atom is 0.405 e. The minimum atomic E-state index is -0.766. The number of fused-ring (bicyclic) bond motifs is 1. The fourth-order valence-electron chi connectivity index (χ4n) is 4.02. The molecule has 4 N–H and O–H groups in total. The van der Waals surface area contributed by atoms with Gasteiger partial charge in [0.2, 0.25) is 0 Å². The van der Waals surface area contributed by atoms with Crippen molar-refractivity contribution in [2.24, 2.45) is 5.73 Å². The van der Waals surface area contributed by atoms with Gasteiger partial charge in [0.05, 0.1) is 5.56 Å². The Morgan fingerprint density at radius 1 is 1.10 bits per heavy atom. The van der Waals surface area contributed by atoms with Gasteiger partial charge in [0, 0.05) is 11.9 Å². The summed E-state index contributed by atoms with van der Waals surface area (Å²) in [7, 11) is 0. The molecule has 1 amide bonds. The molecule has 8 nitrogen and oxygen atoms in total. The van der Waals surface area contributed by atoms with Crippen LogP contribution in [0.2, 0.25) is 5.15 Å². The van der Waals surface area contributed by atoms with Crippen molar-refractivity contribution in [1.29, 1.82) is 0 Å². The molecule has 0 bridgehead atoms. The van der Waals surface area contributed by atoms with E-state index < -0.39 is 11.7 Å². The summed E-state index contributed by atoms with van der Waals surface area (Å²) in [5.74, 6) is 0.972. The number of primary amides is 1. The number of hydrogen-bond acceptors (Lipinski definition) is 6. The number of ether oxygens (including phenoxy) is 1. The Bertz CT molecular complexity index is 1300. The Labute approximate surface area is 182 Å². The van der Waals surface area contributed by atoms with Crippen molar-refractivity contribution in [3.63, 3.8) is 0 Å². The van der Waals surface area contributed by atoms with Gasteiger partial charge in [0.25, 0.3) is 0 Å².